The Morgan fingerprint density at radius 2 is 1.83 bits per heavy atom. The highest BCUT2D eigenvalue weighted by atomic mass is 16.6. The number of aliphatic hydroxyl groups excluding tert-OH is 1. The second-order valence-electron chi connectivity index (χ2n) is 9.35. The third-order valence-electron chi connectivity index (χ3n) is 5.22. The summed E-state index contributed by atoms with van der Waals surface area (Å²) >= 11 is 0. The molecule has 0 fully saturated rings. The van der Waals surface area contributed by atoms with Crippen molar-refractivity contribution in [1.29, 1.82) is 0 Å². The summed E-state index contributed by atoms with van der Waals surface area (Å²) in [5.74, 6) is 1.66. The molecule has 0 aromatic heterocycles. The molecule has 168 valence electrons. The molecule has 1 N–H and O–H groups in total. The van der Waals surface area contributed by atoms with E-state index in [1.165, 1.54) is 0 Å². The van der Waals surface area contributed by atoms with Gasteiger partial charge >= 0.3 is 6.09 Å². The topological polar surface area (TPSA) is 68.2 Å². The lowest BCUT2D eigenvalue weighted by atomic mass is 9.86. The number of nitrogens with zero attached hydrogens (tertiary/aromatic N) is 1. The van der Waals surface area contributed by atoms with E-state index in [0.717, 1.165) is 23.1 Å². The molecule has 1 aliphatic rings. The molecule has 0 saturated carbocycles. The number of rotatable bonds is 7. The summed E-state index contributed by atoms with van der Waals surface area (Å²) in [5, 5.41) is 10.9. The van der Waals surface area contributed by atoms with Crippen LogP contribution in [0.4, 0.5) is 4.79 Å². The molecule has 0 spiro atoms. The van der Waals surface area contributed by atoms with Gasteiger partial charge in [0.25, 0.3) is 0 Å². The van der Waals surface area contributed by atoms with Crippen molar-refractivity contribution in [2.75, 3.05) is 20.8 Å². The Morgan fingerprint density at radius 3 is 2.37 bits per heavy atom. The summed E-state index contributed by atoms with van der Waals surface area (Å²) in [6.45, 7) is 14.3. The highest BCUT2D eigenvalue weighted by Gasteiger charge is 2.36. The van der Waals surface area contributed by atoms with Gasteiger partial charge < -0.3 is 24.2 Å². The van der Waals surface area contributed by atoms with E-state index in [0.29, 0.717) is 36.8 Å². The number of amides is 1. The number of fused-ring (bicyclic) bond motifs is 1. The quantitative estimate of drug-likeness (QED) is 0.637. The molecule has 1 heterocycles. The van der Waals surface area contributed by atoms with E-state index in [1.54, 1.807) is 19.1 Å². The van der Waals surface area contributed by atoms with Crippen LogP contribution in [0.2, 0.25) is 0 Å². The van der Waals surface area contributed by atoms with Crippen LogP contribution in [0.15, 0.2) is 24.3 Å². The molecule has 1 unspecified atom stereocenters. The first-order valence-electron chi connectivity index (χ1n) is 10.6. The van der Waals surface area contributed by atoms with Crippen LogP contribution >= 0.6 is 0 Å². The largest absolute Gasteiger partial charge is 0.493 e. The van der Waals surface area contributed by atoms with Gasteiger partial charge in [-0.1, -0.05) is 20.4 Å². The van der Waals surface area contributed by atoms with Gasteiger partial charge in [0.15, 0.2) is 11.5 Å². The Bertz CT molecular complexity index is 766. The van der Waals surface area contributed by atoms with Gasteiger partial charge in [0.05, 0.1) is 26.4 Å². The predicted octanol–water partition coefficient (Wildman–Crippen LogP) is 4.89. The molecule has 1 amide bonds. The third kappa shape index (κ3) is 5.91. The zero-order valence-corrected chi connectivity index (χ0v) is 19.4. The Hall–Kier alpha value is -2.21. The van der Waals surface area contributed by atoms with Crippen LogP contribution in [-0.4, -0.2) is 48.6 Å². The van der Waals surface area contributed by atoms with Gasteiger partial charge in [-0.05, 0) is 68.4 Å². The molecule has 30 heavy (non-hydrogen) atoms. The van der Waals surface area contributed by atoms with E-state index >= 15 is 0 Å². The van der Waals surface area contributed by atoms with Crippen molar-refractivity contribution in [2.45, 2.75) is 71.6 Å². The van der Waals surface area contributed by atoms with Crippen molar-refractivity contribution in [3.05, 3.63) is 35.4 Å². The molecule has 2 atom stereocenters. The van der Waals surface area contributed by atoms with Crippen molar-refractivity contribution in [3.8, 4) is 11.5 Å². The molecule has 0 saturated heterocycles. The van der Waals surface area contributed by atoms with Crippen molar-refractivity contribution in [1.82, 2.24) is 4.90 Å². The average molecular weight is 420 g/mol. The van der Waals surface area contributed by atoms with Crippen LogP contribution in [0.5, 0.6) is 11.5 Å². The maximum absolute atomic E-state index is 13.0. The number of methoxy groups -OCH3 is 2. The predicted molar refractivity (Wildman–Crippen MR) is 118 cm³/mol. The second kappa shape index (κ2) is 9.73. The first-order chi connectivity index (χ1) is 14.0. The van der Waals surface area contributed by atoms with Gasteiger partial charge in [0, 0.05) is 13.0 Å². The number of hydrogen-bond acceptors (Lipinski definition) is 5. The van der Waals surface area contributed by atoms with E-state index in [2.05, 4.69) is 20.4 Å². The first kappa shape index (κ1) is 24.1. The molecule has 0 bridgehead atoms. The van der Waals surface area contributed by atoms with E-state index < -0.39 is 11.7 Å². The van der Waals surface area contributed by atoms with Crippen molar-refractivity contribution in [3.63, 3.8) is 0 Å². The summed E-state index contributed by atoms with van der Waals surface area (Å²) in [5.41, 5.74) is 2.21. The number of carbonyl (C=O) groups is 1. The van der Waals surface area contributed by atoms with Crippen LogP contribution in [0.3, 0.4) is 0 Å². The number of carbonyl (C=O) groups excluding carboxylic acids is 1. The molecule has 1 aromatic rings. The molecular formula is C24H37NO5. The third-order valence-corrected chi connectivity index (χ3v) is 5.22. The average Bonchev–Trinajstić information content (AvgIpc) is 2.64. The van der Waals surface area contributed by atoms with Crippen molar-refractivity contribution in [2.24, 2.45) is 5.92 Å². The molecule has 2 rings (SSSR count). The smallest absolute Gasteiger partial charge is 0.410 e. The fourth-order valence-electron chi connectivity index (χ4n) is 3.86. The number of hydrogen-bond donors (Lipinski definition) is 1. The van der Waals surface area contributed by atoms with Crippen LogP contribution in [0.25, 0.3) is 0 Å². The highest BCUT2D eigenvalue weighted by Crippen LogP contribution is 2.41. The van der Waals surface area contributed by atoms with Gasteiger partial charge in [-0.3, -0.25) is 0 Å². The Morgan fingerprint density at radius 1 is 1.23 bits per heavy atom. The number of benzene rings is 1. The normalized spacial score (nSPS) is 17.4. The Kier molecular flexibility index (Phi) is 7.81. The standard InChI is InChI=1S/C24H37NO5/c1-15(2)11-16(3)20(26)14-19-18-13-22(29-8)21(28-7)12-17(18)9-10-25(19)23(27)30-24(4,5)6/h12-13,15,19-20,26H,3,9-11,14H2,1-2,4-8H3/t19-,20?/m0/s1. The Labute approximate surface area is 180 Å². The summed E-state index contributed by atoms with van der Waals surface area (Å²) < 4.78 is 16.6. The zero-order chi connectivity index (χ0) is 22.6. The van der Waals surface area contributed by atoms with Crippen molar-refractivity contribution >= 4 is 6.09 Å². The maximum Gasteiger partial charge on any atom is 0.410 e. The lowest BCUT2D eigenvalue weighted by Crippen LogP contribution is -2.44. The zero-order valence-electron chi connectivity index (χ0n) is 19.4. The monoisotopic (exact) mass is 419 g/mol. The first-order valence-corrected chi connectivity index (χ1v) is 10.6. The number of ether oxygens (including phenoxy) is 3. The molecule has 6 nitrogen and oxygen atoms in total. The summed E-state index contributed by atoms with van der Waals surface area (Å²) in [6.07, 6.45) is 0.664. The molecule has 1 aromatic carbocycles. The van der Waals surface area contributed by atoms with Gasteiger partial charge in [-0.15, -0.1) is 0 Å². The molecular weight excluding hydrogens is 382 g/mol. The minimum atomic E-state index is -0.721. The van der Waals surface area contributed by atoms with Gasteiger partial charge in [-0.2, -0.15) is 0 Å². The van der Waals surface area contributed by atoms with E-state index in [9.17, 15) is 9.90 Å². The van der Waals surface area contributed by atoms with Gasteiger partial charge in [0.1, 0.15) is 5.60 Å². The Balaban J connectivity index is 2.42. The molecule has 0 radical (unpaired) electrons. The van der Waals surface area contributed by atoms with Crippen LogP contribution in [0, 0.1) is 5.92 Å². The van der Waals surface area contributed by atoms with Crippen molar-refractivity contribution < 1.29 is 24.1 Å². The SMILES string of the molecule is C=C(CC(C)C)C(O)C[C@H]1c2cc(OC)c(OC)cc2CCN1C(=O)OC(C)(C)C. The molecule has 0 aliphatic carbocycles. The minimum absolute atomic E-state index is 0.345. The van der Waals surface area contributed by atoms with Crippen LogP contribution in [-0.2, 0) is 11.2 Å². The van der Waals surface area contributed by atoms with Gasteiger partial charge in [0.2, 0.25) is 0 Å². The highest BCUT2D eigenvalue weighted by molar-refractivity contribution is 5.70. The van der Waals surface area contributed by atoms with Crippen LogP contribution in [0.1, 0.15) is 64.6 Å². The summed E-state index contributed by atoms with van der Waals surface area (Å²) in [7, 11) is 3.20. The van der Waals surface area contributed by atoms with E-state index in [-0.39, 0.29) is 12.1 Å². The maximum atomic E-state index is 13.0. The minimum Gasteiger partial charge on any atom is -0.493 e. The summed E-state index contributed by atoms with van der Waals surface area (Å²) in [4.78, 5) is 14.7. The van der Waals surface area contributed by atoms with E-state index in [1.807, 2.05) is 32.9 Å². The lowest BCUT2D eigenvalue weighted by molar-refractivity contribution is 0.00895. The van der Waals surface area contributed by atoms with E-state index in [4.69, 9.17) is 14.2 Å². The van der Waals surface area contributed by atoms with Crippen LogP contribution < -0.4 is 9.47 Å². The number of aliphatic hydroxyl groups is 1. The molecule has 1 aliphatic heterocycles. The van der Waals surface area contributed by atoms with Gasteiger partial charge in [-0.25, -0.2) is 4.79 Å². The lowest BCUT2D eigenvalue weighted by Gasteiger charge is -2.39. The fourth-order valence-corrected chi connectivity index (χ4v) is 3.86. The molecule has 6 heteroatoms. The second-order valence-corrected chi connectivity index (χ2v) is 9.35. The fraction of sp³-hybridized carbons (Fsp3) is 0.625. The summed E-state index contributed by atoms with van der Waals surface area (Å²) in [6, 6.07) is 3.53.